The van der Waals surface area contributed by atoms with E-state index in [1.165, 1.54) is 19.2 Å². The number of carboxylic acid groups (broad SMARTS) is 1. The molecular formula is C13H19NO6S. The number of benzene rings is 1. The molecule has 7 nitrogen and oxygen atoms in total. The second-order valence-electron chi connectivity index (χ2n) is 4.83. The van der Waals surface area contributed by atoms with E-state index >= 15 is 0 Å². The van der Waals surface area contributed by atoms with E-state index in [1.807, 2.05) is 0 Å². The van der Waals surface area contributed by atoms with E-state index < -0.39 is 22.1 Å². The normalized spacial score (nSPS) is 13.2. The van der Waals surface area contributed by atoms with Crippen molar-refractivity contribution >= 4 is 16.0 Å². The summed E-state index contributed by atoms with van der Waals surface area (Å²) < 4.78 is 31.6. The quantitative estimate of drug-likeness (QED) is 0.682. The highest BCUT2D eigenvalue weighted by Crippen LogP contribution is 2.24. The van der Waals surface area contributed by atoms with Crippen LogP contribution in [0.5, 0.6) is 5.75 Å². The highest BCUT2D eigenvalue weighted by atomic mass is 32.2. The third kappa shape index (κ3) is 4.42. The maximum atomic E-state index is 12.2. The van der Waals surface area contributed by atoms with Crippen molar-refractivity contribution in [3.05, 3.63) is 23.8 Å². The molecule has 0 saturated heterocycles. The lowest BCUT2D eigenvalue weighted by Crippen LogP contribution is -2.35. The molecule has 21 heavy (non-hydrogen) atoms. The molecule has 0 fully saturated rings. The smallest absolute Gasteiger partial charge is 0.335 e. The zero-order chi connectivity index (χ0) is 16.2. The predicted octanol–water partition coefficient (Wildman–Crippen LogP) is 0.689. The first-order chi connectivity index (χ1) is 9.69. The van der Waals surface area contributed by atoms with Crippen LogP contribution in [0.2, 0.25) is 0 Å². The van der Waals surface area contributed by atoms with Crippen LogP contribution in [0.25, 0.3) is 0 Å². The molecule has 1 rings (SSSR count). The van der Waals surface area contributed by atoms with Gasteiger partial charge in [-0.15, -0.1) is 0 Å². The summed E-state index contributed by atoms with van der Waals surface area (Å²) in [4.78, 5) is 10.7. The number of methoxy groups -OCH3 is 1. The Morgan fingerprint density at radius 2 is 2.00 bits per heavy atom. The highest BCUT2D eigenvalue weighted by Gasteiger charge is 2.23. The molecule has 1 aromatic rings. The van der Waals surface area contributed by atoms with Crippen LogP contribution in [0.3, 0.4) is 0 Å². The zero-order valence-corrected chi connectivity index (χ0v) is 12.8. The lowest BCUT2D eigenvalue weighted by molar-refractivity contribution is 0.0696. The molecule has 0 amide bonds. The summed E-state index contributed by atoms with van der Waals surface area (Å²) in [6.07, 6.45) is -0.839. The van der Waals surface area contributed by atoms with Crippen molar-refractivity contribution < 1.29 is 28.2 Å². The Labute approximate surface area is 123 Å². The number of hydrogen-bond donors (Lipinski definition) is 3. The van der Waals surface area contributed by atoms with E-state index in [0.717, 1.165) is 6.07 Å². The molecule has 0 spiro atoms. The van der Waals surface area contributed by atoms with Crippen molar-refractivity contribution in [2.75, 3.05) is 13.7 Å². The van der Waals surface area contributed by atoms with Crippen LogP contribution in [0.4, 0.5) is 0 Å². The predicted molar refractivity (Wildman–Crippen MR) is 76.0 cm³/mol. The Bertz CT molecular complexity index is 611. The lowest BCUT2D eigenvalue weighted by Gasteiger charge is -2.16. The van der Waals surface area contributed by atoms with Crippen LogP contribution < -0.4 is 9.46 Å². The zero-order valence-electron chi connectivity index (χ0n) is 12.0. The summed E-state index contributed by atoms with van der Waals surface area (Å²) in [6, 6.07) is 3.55. The van der Waals surface area contributed by atoms with Gasteiger partial charge in [0.15, 0.2) is 0 Å². The van der Waals surface area contributed by atoms with Crippen molar-refractivity contribution in [2.24, 2.45) is 5.92 Å². The second-order valence-corrected chi connectivity index (χ2v) is 6.57. The van der Waals surface area contributed by atoms with Crippen molar-refractivity contribution in [1.29, 1.82) is 0 Å². The van der Waals surface area contributed by atoms with Gasteiger partial charge in [0, 0.05) is 6.54 Å². The molecule has 0 aliphatic carbocycles. The standard InChI is InChI=1S/C13H19NO6S/c1-8(2)10(15)7-14-21(18,19)12-6-9(13(16)17)4-5-11(12)20-3/h4-6,8,10,14-15H,7H2,1-3H3,(H,16,17). The number of carboxylic acids is 1. The minimum atomic E-state index is -3.99. The van der Waals surface area contributed by atoms with Gasteiger partial charge in [-0.05, 0) is 24.1 Å². The first-order valence-electron chi connectivity index (χ1n) is 6.28. The molecule has 118 valence electrons. The van der Waals surface area contributed by atoms with Gasteiger partial charge in [-0.1, -0.05) is 13.8 Å². The number of sulfonamides is 1. The Balaban J connectivity index is 3.11. The topological polar surface area (TPSA) is 113 Å². The van der Waals surface area contributed by atoms with Gasteiger partial charge in [-0.2, -0.15) is 0 Å². The van der Waals surface area contributed by atoms with Crippen LogP contribution in [-0.4, -0.2) is 44.4 Å². The molecule has 0 radical (unpaired) electrons. The first kappa shape index (κ1) is 17.4. The minimum Gasteiger partial charge on any atom is -0.495 e. The SMILES string of the molecule is COc1ccc(C(=O)O)cc1S(=O)(=O)NCC(O)C(C)C. The minimum absolute atomic E-state index is 0.0338. The van der Waals surface area contributed by atoms with E-state index in [0.29, 0.717) is 0 Å². The Kier molecular flexibility index (Phi) is 5.70. The molecule has 0 aliphatic rings. The van der Waals surface area contributed by atoms with Gasteiger partial charge in [-0.25, -0.2) is 17.9 Å². The number of aliphatic hydroxyl groups excluding tert-OH is 1. The van der Waals surface area contributed by atoms with Crippen LogP contribution >= 0.6 is 0 Å². The number of ether oxygens (including phenoxy) is 1. The van der Waals surface area contributed by atoms with Crippen molar-refractivity contribution in [3.63, 3.8) is 0 Å². The fraction of sp³-hybridized carbons (Fsp3) is 0.462. The summed E-state index contributed by atoms with van der Waals surface area (Å²) in [7, 11) is -2.70. The Morgan fingerprint density at radius 3 is 2.48 bits per heavy atom. The molecule has 1 aromatic carbocycles. The van der Waals surface area contributed by atoms with Gasteiger partial charge in [0.1, 0.15) is 10.6 Å². The van der Waals surface area contributed by atoms with Crippen LogP contribution in [0.1, 0.15) is 24.2 Å². The van der Waals surface area contributed by atoms with E-state index in [2.05, 4.69) is 4.72 Å². The maximum absolute atomic E-state index is 12.2. The van der Waals surface area contributed by atoms with Gasteiger partial charge in [0.25, 0.3) is 0 Å². The summed E-state index contributed by atoms with van der Waals surface area (Å²) in [5, 5.41) is 18.6. The molecule has 3 N–H and O–H groups in total. The number of nitrogens with one attached hydrogen (secondary N) is 1. The number of rotatable bonds is 7. The van der Waals surface area contributed by atoms with Gasteiger partial charge in [0.05, 0.1) is 18.8 Å². The molecule has 8 heteroatoms. The van der Waals surface area contributed by atoms with Crippen molar-refractivity contribution in [1.82, 2.24) is 4.72 Å². The number of hydrogen-bond acceptors (Lipinski definition) is 5. The number of carbonyl (C=O) groups is 1. The van der Waals surface area contributed by atoms with E-state index in [4.69, 9.17) is 9.84 Å². The van der Waals surface area contributed by atoms with E-state index in [1.54, 1.807) is 13.8 Å². The summed E-state index contributed by atoms with van der Waals surface area (Å²) in [5.74, 6) is -1.32. The summed E-state index contributed by atoms with van der Waals surface area (Å²) in [6.45, 7) is 3.34. The first-order valence-corrected chi connectivity index (χ1v) is 7.76. The summed E-state index contributed by atoms with van der Waals surface area (Å²) >= 11 is 0. The van der Waals surface area contributed by atoms with Crippen LogP contribution in [0.15, 0.2) is 23.1 Å². The van der Waals surface area contributed by atoms with E-state index in [9.17, 15) is 18.3 Å². The third-order valence-corrected chi connectivity index (χ3v) is 4.40. The molecule has 0 saturated carbocycles. The van der Waals surface area contributed by atoms with Gasteiger partial charge < -0.3 is 14.9 Å². The molecule has 1 unspecified atom stereocenters. The Morgan fingerprint density at radius 1 is 1.38 bits per heavy atom. The molecule has 1 atom stereocenters. The Hall–Kier alpha value is -1.64. The molecule has 0 heterocycles. The molecule has 0 aromatic heterocycles. The van der Waals surface area contributed by atoms with Crippen LogP contribution in [0, 0.1) is 5.92 Å². The average molecular weight is 317 g/mol. The molecule has 0 aliphatic heterocycles. The van der Waals surface area contributed by atoms with Gasteiger partial charge in [0.2, 0.25) is 10.0 Å². The van der Waals surface area contributed by atoms with Crippen molar-refractivity contribution in [2.45, 2.75) is 24.8 Å². The largest absolute Gasteiger partial charge is 0.495 e. The fourth-order valence-corrected chi connectivity index (χ4v) is 2.77. The van der Waals surface area contributed by atoms with E-state index in [-0.39, 0.29) is 28.7 Å². The summed E-state index contributed by atoms with van der Waals surface area (Å²) in [5.41, 5.74) is -0.166. The van der Waals surface area contributed by atoms with Crippen LogP contribution in [-0.2, 0) is 10.0 Å². The molecule has 0 bridgehead atoms. The number of aliphatic hydroxyl groups is 1. The molecular weight excluding hydrogens is 298 g/mol. The number of aromatic carboxylic acids is 1. The third-order valence-electron chi connectivity index (χ3n) is 2.95. The second kappa shape index (κ2) is 6.88. The highest BCUT2D eigenvalue weighted by molar-refractivity contribution is 7.89. The maximum Gasteiger partial charge on any atom is 0.335 e. The monoisotopic (exact) mass is 317 g/mol. The van der Waals surface area contributed by atoms with Gasteiger partial charge in [-0.3, -0.25) is 0 Å². The average Bonchev–Trinajstić information content (AvgIpc) is 2.43. The van der Waals surface area contributed by atoms with Gasteiger partial charge >= 0.3 is 5.97 Å². The fourth-order valence-electron chi connectivity index (χ4n) is 1.53. The van der Waals surface area contributed by atoms with Crippen molar-refractivity contribution in [3.8, 4) is 5.75 Å². The lowest BCUT2D eigenvalue weighted by atomic mass is 10.1.